The van der Waals surface area contributed by atoms with Crippen molar-refractivity contribution in [1.29, 1.82) is 0 Å². The summed E-state index contributed by atoms with van der Waals surface area (Å²) in [6.07, 6.45) is 0.942. The van der Waals surface area contributed by atoms with Gasteiger partial charge in [-0.3, -0.25) is 4.79 Å². The Morgan fingerprint density at radius 3 is 2.80 bits per heavy atom. The van der Waals surface area contributed by atoms with Gasteiger partial charge >= 0.3 is 5.97 Å². The molecule has 0 aliphatic rings. The Hall–Kier alpha value is -0.550. The van der Waals surface area contributed by atoms with Gasteiger partial charge < -0.3 is 5.11 Å². The minimum atomic E-state index is -0.779. The maximum Gasteiger partial charge on any atom is 0.319 e. The number of aliphatic carboxylic acids is 1. The SMILES string of the molecule is CCc1nc(CSC(C)(C)C(=O)O)cs1. The van der Waals surface area contributed by atoms with Crippen LogP contribution in [0.1, 0.15) is 31.5 Å². The number of aryl methyl sites for hydroxylation is 1. The summed E-state index contributed by atoms with van der Waals surface area (Å²) in [6.45, 7) is 5.50. The summed E-state index contributed by atoms with van der Waals surface area (Å²) in [5, 5.41) is 12.0. The first-order valence-electron chi connectivity index (χ1n) is 4.76. The first-order valence-corrected chi connectivity index (χ1v) is 6.63. The molecule has 0 aliphatic heterocycles. The second-order valence-electron chi connectivity index (χ2n) is 3.69. The van der Waals surface area contributed by atoms with Crippen LogP contribution in [0.3, 0.4) is 0 Å². The number of thiazole rings is 1. The highest BCUT2D eigenvalue weighted by Gasteiger charge is 2.27. The van der Waals surface area contributed by atoms with Gasteiger partial charge in [0.05, 0.1) is 10.7 Å². The van der Waals surface area contributed by atoms with Gasteiger partial charge in [0.25, 0.3) is 0 Å². The molecule has 3 nitrogen and oxygen atoms in total. The Kier molecular flexibility index (Phi) is 4.16. The molecule has 1 aromatic rings. The molecule has 0 spiro atoms. The lowest BCUT2D eigenvalue weighted by Crippen LogP contribution is -2.27. The fourth-order valence-electron chi connectivity index (χ4n) is 0.894. The lowest BCUT2D eigenvalue weighted by molar-refractivity contribution is -0.138. The molecule has 0 saturated carbocycles. The van der Waals surface area contributed by atoms with Crippen LogP contribution in [0.15, 0.2) is 5.38 Å². The summed E-state index contributed by atoms with van der Waals surface area (Å²) in [5.74, 6) is -0.117. The molecule has 0 bridgehead atoms. The van der Waals surface area contributed by atoms with E-state index >= 15 is 0 Å². The Balaban J connectivity index is 2.53. The minimum Gasteiger partial charge on any atom is -0.480 e. The average Bonchev–Trinajstić information content (AvgIpc) is 2.62. The molecule has 0 amide bonds. The van der Waals surface area contributed by atoms with E-state index < -0.39 is 10.7 Å². The van der Waals surface area contributed by atoms with Gasteiger partial charge in [-0.2, -0.15) is 0 Å². The first-order chi connectivity index (χ1) is 6.95. The van der Waals surface area contributed by atoms with Crippen LogP contribution in [-0.4, -0.2) is 20.8 Å². The number of carbonyl (C=O) groups is 1. The van der Waals surface area contributed by atoms with Gasteiger partial charge in [-0.25, -0.2) is 4.98 Å². The average molecular weight is 245 g/mol. The minimum absolute atomic E-state index is 0.662. The fourth-order valence-corrected chi connectivity index (χ4v) is 2.52. The Morgan fingerprint density at radius 2 is 2.33 bits per heavy atom. The van der Waals surface area contributed by atoms with Crippen molar-refractivity contribution in [3.8, 4) is 0 Å². The van der Waals surface area contributed by atoms with Crippen LogP contribution < -0.4 is 0 Å². The molecule has 15 heavy (non-hydrogen) atoms. The summed E-state index contributed by atoms with van der Waals surface area (Å²) in [7, 11) is 0. The molecule has 0 aromatic carbocycles. The van der Waals surface area contributed by atoms with Crippen LogP contribution in [0.2, 0.25) is 0 Å². The van der Waals surface area contributed by atoms with Crippen molar-refractivity contribution in [1.82, 2.24) is 4.98 Å². The van der Waals surface area contributed by atoms with Gasteiger partial charge in [-0.1, -0.05) is 6.92 Å². The van der Waals surface area contributed by atoms with E-state index in [1.807, 2.05) is 5.38 Å². The van der Waals surface area contributed by atoms with Gasteiger partial charge in [-0.15, -0.1) is 23.1 Å². The molecule has 1 heterocycles. The monoisotopic (exact) mass is 245 g/mol. The van der Waals surface area contributed by atoms with Crippen LogP contribution in [0, 0.1) is 0 Å². The fraction of sp³-hybridized carbons (Fsp3) is 0.600. The first kappa shape index (κ1) is 12.5. The molecule has 0 fully saturated rings. The normalized spacial score (nSPS) is 11.7. The highest BCUT2D eigenvalue weighted by atomic mass is 32.2. The van der Waals surface area contributed by atoms with E-state index in [2.05, 4.69) is 11.9 Å². The van der Waals surface area contributed by atoms with Crippen LogP contribution >= 0.6 is 23.1 Å². The van der Waals surface area contributed by atoms with E-state index in [0.717, 1.165) is 17.1 Å². The van der Waals surface area contributed by atoms with Gasteiger partial charge in [0.1, 0.15) is 4.75 Å². The molecule has 0 atom stereocenters. The molecule has 84 valence electrons. The number of hydrogen-bond donors (Lipinski definition) is 1. The van der Waals surface area contributed by atoms with Crippen molar-refractivity contribution >= 4 is 29.1 Å². The molecule has 0 saturated heterocycles. The number of rotatable bonds is 5. The van der Waals surface area contributed by atoms with Gasteiger partial charge in [0, 0.05) is 11.1 Å². The third-order valence-electron chi connectivity index (χ3n) is 2.00. The summed E-state index contributed by atoms with van der Waals surface area (Å²) < 4.78 is -0.740. The topological polar surface area (TPSA) is 50.2 Å². The molecule has 0 unspecified atom stereocenters. The van der Waals surface area contributed by atoms with Gasteiger partial charge in [0.15, 0.2) is 0 Å². The van der Waals surface area contributed by atoms with Crippen LogP contribution in [0.4, 0.5) is 0 Å². The van der Waals surface area contributed by atoms with Crippen molar-refractivity contribution in [2.24, 2.45) is 0 Å². The number of thioether (sulfide) groups is 1. The standard InChI is InChI=1S/C10H15NO2S2/c1-4-8-11-7(5-14-8)6-15-10(2,3)9(12)13/h5H,4,6H2,1-3H3,(H,12,13). The quantitative estimate of drug-likeness (QED) is 0.866. The van der Waals surface area contributed by atoms with E-state index in [4.69, 9.17) is 5.11 Å². The van der Waals surface area contributed by atoms with E-state index in [9.17, 15) is 4.79 Å². The molecule has 1 aromatic heterocycles. The molecule has 0 radical (unpaired) electrons. The van der Waals surface area contributed by atoms with Gasteiger partial charge in [0.2, 0.25) is 0 Å². The third-order valence-corrected chi connectivity index (χ3v) is 4.38. The molecule has 1 N–H and O–H groups in total. The molecule has 0 aliphatic carbocycles. The zero-order valence-corrected chi connectivity index (χ0v) is 10.7. The van der Waals surface area contributed by atoms with Crippen molar-refractivity contribution in [3.63, 3.8) is 0 Å². The predicted molar refractivity (Wildman–Crippen MR) is 64.5 cm³/mol. The Labute approximate surface area is 97.9 Å². The van der Waals surface area contributed by atoms with Crippen molar-refractivity contribution in [3.05, 3.63) is 16.1 Å². The van der Waals surface area contributed by atoms with Crippen molar-refractivity contribution in [2.75, 3.05) is 0 Å². The lowest BCUT2D eigenvalue weighted by Gasteiger charge is -2.17. The third kappa shape index (κ3) is 3.50. The second kappa shape index (κ2) is 4.99. The second-order valence-corrected chi connectivity index (χ2v) is 6.23. The van der Waals surface area contributed by atoms with Crippen LogP contribution in [0.25, 0.3) is 0 Å². The highest BCUT2D eigenvalue weighted by molar-refractivity contribution is 8.00. The largest absolute Gasteiger partial charge is 0.480 e. The number of hydrogen-bond acceptors (Lipinski definition) is 4. The van der Waals surface area contributed by atoms with E-state index in [1.54, 1.807) is 25.2 Å². The zero-order valence-electron chi connectivity index (χ0n) is 9.11. The van der Waals surface area contributed by atoms with E-state index in [1.165, 1.54) is 11.8 Å². The number of carboxylic acids is 1. The Bertz CT molecular complexity index is 347. The maximum atomic E-state index is 10.9. The Morgan fingerprint density at radius 1 is 1.67 bits per heavy atom. The van der Waals surface area contributed by atoms with Crippen molar-refractivity contribution < 1.29 is 9.90 Å². The van der Waals surface area contributed by atoms with Gasteiger partial charge in [-0.05, 0) is 20.3 Å². The molecular weight excluding hydrogens is 230 g/mol. The number of aromatic nitrogens is 1. The molecule has 1 rings (SSSR count). The molecular formula is C10H15NO2S2. The summed E-state index contributed by atoms with van der Waals surface area (Å²) in [5.41, 5.74) is 0.983. The summed E-state index contributed by atoms with van der Waals surface area (Å²) >= 11 is 3.05. The van der Waals surface area contributed by atoms with Crippen molar-refractivity contribution in [2.45, 2.75) is 37.7 Å². The summed E-state index contributed by atoms with van der Waals surface area (Å²) in [4.78, 5) is 15.3. The summed E-state index contributed by atoms with van der Waals surface area (Å²) in [6, 6.07) is 0. The number of nitrogens with zero attached hydrogens (tertiary/aromatic N) is 1. The molecule has 5 heteroatoms. The predicted octanol–water partition coefficient (Wildman–Crippen LogP) is 2.80. The van der Waals surface area contributed by atoms with Crippen LogP contribution in [-0.2, 0) is 17.0 Å². The maximum absolute atomic E-state index is 10.9. The van der Waals surface area contributed by atoms with E-state index in [-0.39, 0.29) is 0 Å². The van der Waals surface area contributed by atoms with Crippen LogP contribution in [0.5, 0.6) is 0 Å². The highest BCUT2D eigenvalue weighted by Crippen LogP contribution is 2.28. The zero-order chi connectivity index (χ0) is 11.5. The smallest absolute Gasteiger partial charge is 0.319 e. The van der Waals surface area contributed by atoms with E-state index in [0.29, 0.717) is 5.75 Å². The lowest BCUT2D eigenvalue weighted by atomic mass is 10.2. The number of carboxylic acid groups (broad SMARTS) is 1.